The molecule has 2 aromatic carbocycles. The number of anilines is 1. The molecule has 0 unspecified atom stereocenters. The van der Waals surface area contributed by atoms with Crippen LogP contribution in [0.5, 0.6) is 0 Å². The van der Waals surface area contributed by atoms with E-state index in [9.17, 15) is 4.79 Å². The SMILES string of the molecule is CC(C)(C)[Si](OC1CN(c2nccs2)C1)(c1ccccc1)c1ccccc1.CC(C)NC=O. The third-order valence-electron chi connectivity index (χ3n) is 5.70. The van der Waals surface area contributed by atoms with Crippen LogP contribution in [0.15, 0.2) is 72.2 Å². The summed E-state index contributed by atoms with van der Waals surface area (Å²) >= 11 is 1.70. The smallest absolute Gasteiger partial charge is 0.261 e. The van der Waals surface area contributed by atoms with E-state index in [1.54, 1.807) is 11.3 Å². The van der Waals surface area contributed by atoms with E-state index in [0.29, 0.717) is 6.41 Å². The second-order valence-electron chi connectivity index (χ2n) is 9.56. The summed E-state index contributed by atoms with van der Waals surface area (Å²) in [6.07, 6.45) is 2.81. The van der Waals surface area contributed by atoms with Crippen LogP contribution in [0.4, 0.5) is 5.13 Å². The van der Waals surface area contributed by atoms with Gasteiger partial charge in [-0.1, -0.05) is 81.4 Å². The Balaban J connectivity index is 0.000000454. The minimum atomic E-state index is -2.44. The van der Waals surface area contributed by atoms with Gasteiger partial charge in [0.05, 0.1) is 6.10 Å². The van der Waals surface area contributed by atoms with Gasteiger partial charge in [0.1, 0.15) is 0 Å². The zero-order valence-corrected chi connectivity index (χ0v) is 22.0. The average Bonchev–Trinajstić information content (AvgIpc) is 3.28. The number of nitrogens with one attached hydrogen (secondary N) is 1. The molecular formula is C26H35N3O2SSi. The third kappa shape index (κ3) is 5.91. The van der Waals surface area contributed by atoms with Crippen molar-refractivity contribution in [3.8, 4) is 0 Å². The number of amides is 1. The number of thiazole rings is 1. The summed E-state index contributed by atoms with van der Waals surface area (Å²) in [6.45, 7) is 12.6. The summed E-state index contributed by atoms with van der Waals surface area (Å²) in [5.41, 5.74) is 0. The van der Waals surface area contributed by atoms with Crippen LogP contribution in [-0.4, -0.2) is 44.9 Å². The number of rotatable bonds is 7. The van der Waals surface area contributed by atoms with Gasteiger partial charge in [0.25, 0.3) is 8.32 Å². The first kappa shape index (κ1) is 25.1. The highest BCUT2D eigenvalue weighted by molar-refractivity contribution is 7.13. The van der Waals surface area contributed by atoms with Crippen molar-refractivity contribution in [3.05, 3.63) is 72.2 Å². The molecule has 0 bridgehead atoms. The van der Waals surface area contributed by atoms with E-state index >= 15 is 0 Å². The zero-order valence-electron chi connectivity index (χ0n) is 20.2. The fourth-order valence-corrected chi connectivity index (χ4v) is 9.45. The Kier molecular flexibility index (Phi) is 8.45. The van der Waals surface area contributed by atoms with Gasteiger partial charge < -0.3 is 14.6 Å². The van der Waals surface area contributed by atoms with Gasteiger partial charge in [0, 0.05) is 30.7 Å². The summed E-state index contributed by atoms with van der Waals surface area (Å²) in [6, 6.07) is 22.0. The Labute approximate surface area is 203 Å². The average molecular weight is 482 g/mol. The van der Waals surface area contributed by atoms with Crippen molar-refractivity contribution in [1.29, 1.82) is 0 Å². The van der Waals surface area contributed by atoms with Crippen LogP contribution in [0.25, 0.3) is 0 Å². The quantitative estimate of drug-likeness (QED) is 0.409. The maximum absolute atomic E-state index is 9.50. The lowest BCUT2D eigenvalue weighted by Crippen LogP contribution is -2.70. The van der Waals surface area contributed by atoms with E-state index in [1.807, 2.05) is 25.4 Å². The summed E-state index contributed by atoms with van der Waals surface area (Å²) in [5, 5.41) is 8.37. The number of carbonyl (C=O) groups excluding carboxylic acids is 1. The predicted octanol–water partition coefficient (Wildman–Crippen LogP) is 4.05. The molecule has 1 amide bonds. The molecule has 5 nitrogen and oxygen atoms in total. The Bertz CT molecular complexity index is 930. The molecule has 1 N–H and O–H groups in total. The van der Waals surface area contributed by atoms with Gasteiger partial charge in [-0.2, -0.15) is 0 Å². The van der Waals surface area contributed by atoms with Crippen molar-refractivity contribution in [3.63, 3.8) is 0 Å². The normalized spacial score (nSPS) is 14.3. The van der Waals surface area contributed by atoms with Crippen LogP contribution in [0, 0.1) is 0 Å². The zero-order chi connectivity index (χ0) is 23.9. The Morgan fingerprint density at radius 1 is 1.06 bits per heavy atom. The highest BCUT2D eigenvalue weighted by Crippen LogP contribution is 2.39. The lowest BCUT2D eigenvalue weighted by atomic mass is 10.2. The van der Waals surface area contributed by atoms with Gasteiger partial charge in [-0.05, 0) is 29.3 Å². The van der Waals surface area contributed by atoms with E-state index in [2.05, 4.69) is 96.6 Å². The van der Waals surface area contributed by atoms with E-state index in [1.165, 1.54) is 10.4 Å². The minimum Gasteiger partial charge on any atom is -0.401 e. The van der Waals surface area contributed by atoms with Crippen LogP contribution in [0.1, 0.15) is 34.6 Å². The summed E-state index contributed by atoms with van der Waals surface area (Å²) < 4.78 is 7.11. The van der Waals surface area contributed by atoms with Crippen LogP contribution in [-0.2, 0) is 9.22 Å². The van der Waals surface area contributed by atoms with E-state index < -0.39 is 8.32 Å². The van der Waals surface area contributed by atoms with E-state index in [0.717, 1.165) is 18.2 Å². The molecule has 1 saturated heterocycles. The number of aromatic nitrogens is 1. The molecule has 4 rings (SSSR count). The fourth-order valence-electron chi connectivity index (χ4n) is 4.12. The van der Waals surface area contributed by atoms with Crippen molar-refractivity contribution in [2.75, 3.05) is 18.0 Å². The minimum absolute atomic E-state index is 0.0251. The number of nitrogens with zero attached hydrogens (tertiary/aromatic N) is 2. The lowest BCUT2D eigenvalue weighted by Gasteiger charge is -2.49. The molecule has 33 heavy (non-hydrogen) atoms. The molecule has 1 fully saturated rings. The molecule has 176 valence electrons. The molecule has 3 aromatic rings. The number of carbonyl (C=O) groups is 1. The van der Waals surface area contributed by atoms with Gasteiger partial charge in [0.15, 0.2) is 5.13 Å². The molecule has 0 saturated carbocycles. The lowest BCUT2D eigenvalue weighted by molar-refractivity contribution is -0.109. The van der Waals surface area contributed by atoms with E-state index in [-0.39, 0.29) is 17.2 Å². The Morgan fingerprint density at radius 3 is 1.97 bits per heavy atom. The van der Waals surface area contributed by atoms with Crippen molar-refractivity contribution >= 4 is 41.6 Å². The van der Waals surface area contributed by atoms with Gasteiger partial charge >= 0.3 is 0 Å². The fraction of sp³-hybridized carbons (Fsp3) is 0.385. The largest absolute Gasteiger partial charge is 0.401 e. The Hall–Kier alpha value is -2.48. The van der Waals surface area contributed by atoms with Crippen LogP contribution in [0.3, 0.4) is 0 Å². The van der Waals surface area contributed by atoms with Crippen LogP contribution < -0.4 is 20.6 Å². The maximum atomic E-state index is 9.50. The molecule has 0 atom stereocenters. The molecule has 0 aliphatic carbocycles. The molecule has 1 aliphatic rings. The van der Waals surface area contributed by atoms with Crippen molar-refractivity contribution in [2.45, 2.75) is 51.8 Å². The second-order valence-corrected chi connectivity index (χ2v) is 14.7. The van der Waals surface area contributed by atoms with Crippen molar-refractivity contribution in [1.82, 2.24) is 10.3 Å². The molecule has 0 radical (unpaired) electrons. The Morgan fingerprint density at radius 2 is 1.61 bits per heavy atom. The van der Waals surface area contributed by atoms with Gasteiger partial charge in [-0.15, -0.1) is 11.3 Å². The predicted molar refractivity (Wildman–Crippen MR) is 141 cm³/mol. The molecule has 7 heteroatoms. The van der Waals surface area contributed by atoms with Crippen LogP contribution >= 0.6 is 11.3 Å². The van der Waals surface area contributed by atoms with E-state index in [4.69, 9.17) is 4.43 Å². The highest BCUT2D eigenvalue weighted by Gasteiger charge is 2.52. The summed E-state index contributed by atoms with van der Waals surface area (Å²) in [4.78, 5) is 16.3. The van der Waals surface area contributed by atoms with Crippen molar-refractivity contribution in [2.24, 2.45) is 0 Å². The molecular weight excluding hydrogens is 446 g/mol. The molecule has 2 heterocycles. The first-order valence-corrected chi connectivity index (χ1v) is 14.2. The first-order chi connectivity index (χ1) is 15.8. The molecule has 1 aliphatic heterocycles. The van der Waals surface area contributed by atoms with Gasteiger partial charge in [-0.3, -0.25) is 4.79 Å². The maximum Gasteiger partial charge on any atom is 0.261 e. The number of hydrogen-bond acceptors (Lipinski definition) is 5. The highest BCUT2D eigenvalue weighted by atomic mass is 32.1. The number of hydrogen-bond donors (Lipinski definition) is 1. The second kappa shape index (κ2) is 11.1. The summed E-state index contributed by atoms with van der Waals surface area (Å²) in [5.74, 6) is 0. The van der Waals surface area contributed by atoms with Crippen LogP contribution in [0.2, 0.25) is 5.04 Å². The topological polar surface area (TPSA) is 54.5 Å². The van der Waals surface area contributed by atoms with Gasteiger partial charge in [0.2, 0.25) is 6.41 Å². The van der Waals surface area contributed by atoms with Crippen molar-refractivity contribution < 1.29 is 9.22 Å². The molecule has 0 spiro atoms. The summed E-state index contributed by atoms with van der Waals surface area (Å²) in [7, 11) is -2.44. The first-order valence-electron chi connectivity index (χ1n) is 11.4. The standard InChI is InChI=1S/C22H26N2OSSi.C4H9NO/c1-22(2,3)27(19-10-6-4-7-11-19,20-12-8-5-9-13-20)25-18-16-24(17-18)21-23-14-15-26-21;1-4(2)5-3-6/h4-15,18H,16-17H2,1-3H3;3-4H,1-2H3,(H,5,6). The number of benzene rings is 2. The monoisotopic (exact) mass is 481 g/mol. The van der Waals surface area contributed by atoms with Gasteiger partial charge in [-0.25, -0.2) is 4.98 Å². The molecule has 1 aromatic heterocycles. The third-order valence-corrected chi connectivity index (χ3v) is 11.6.